The van der Waals surface area contributed by atoms with Crippen molar-refractivity contribution in [3.63, 3.8) is 0 Å². The van der Waals surface area contributed by atoms with E-state index in [1.165, 1.54) is 18.2 Å². The first kappa shape index (κ1) is 16.9. The highest BCUT2D eigenvalue weighted by atomic mass is 32.2. The number of oxime groups is 1. The number of amidine groups is 1. The lowest BCUT2D eigenvalue weighted by atomic mass is 10.2. The first-order valence-electron chi connectivity index (χ1n) is 6.16. The van der Waals surface area contributed by atoms with Gasteiger partial charge in [0.15, 0.2) is 15.7 Å². The number of hydrogen-bond donors (Lipinski definition) is 4. The van der Waals surface area contributed by atoms with Crippen LogP contribution in [0.4, 0.5) is 0 Å². The van der Waals surface area contributed by atoms with Crippen molar-refractivity contribution in [1.29, 1.82) is 0 Å². The van der Waals surface area contributed by atoms with Crippen LogP contribution in [0.3, 0.4) is 0 Å². The summed E-state index contributed by atoms with van der Waals surface area (Å²) >= 11 is 0. The number of nitrogens with zero attached hydrogens (tertiary/aromatic N) is 1. The third-order valence-electron chi connectivity index (χ3n) is 2.69. The highest BCUT2D eigenvalue weighted by Crippen LogP contribution is 2.13. The van der Waals surface area contributed by atoms with Crippen molar-refractivity contribution >= 4 is 21.6 Å². The molecule has 1 rings (SSSR count). The van der Waals surface area contributed by atoms with Gasteiger partial charge >= 0.3 is 0 Å². The van der Waals surface area contributed by atoms with E-state index in [-0.39, 0.29) is 29.4 Å². The summed E-state index contributed by atoms with van der Waals surface area (Å²) in [5.41, 5.74) is 10.7. The number of rotatable bonds is 8. The van der Waals surface area contributed by atoms with E-state index in [2.05, 4.69) is 10.5 Å². The van der Waals surface area contributed by atoms with Crippen LogP contribution in [0.5, 0.6) is 0 Å². The molecular weight excluding hydrogens is 296 g/mol. The summed E-state index contributed by atoms with van der Waals surface area (Å²) in [5.74, 6) is -0.741. The van der Waals surface area contributed by atoms with Gasteiger partial charge in [0.2, 0.25) is 5.91 Å². The van der Waals surface area contributed by atoms with Crippen molar-refractivity contribution < 1.29 is 18.4 Å². The molecule has 0 atom stereocenters. The summed E-state index contributed by atoms with van der Waals surface area (Å²) in [6, 6.07) is 5.83. The minimum absolute atomic E-state index is 0.0864. The van der Waals surface area contributed by atoms with Crippen molar-refractivity contribution in [1.82, 2.24) is 5.32 Å². The lowest BCUT2D eigenvalue weighted by Crippen LogP contribution is -2.27. The maximum atomic E-state index is 12.1. The third kappa shape index (κ3) is 5.40. The van der Waals surface area contributed by atoms with Gasteiger partial charge in [0.25, 0.3) is 0 Å². The molecule has 0 saturated heterocycles. The maximum absolute atomic E-state index is 12.1. The monoisotopic (exact) mass is 314 g/mol. The summed E-state index contributed by atoms with van der Waals surface area (Å²) < 4.78 is 24.2. The van der Waals surface area contributed by atoms with Crippen LogP contribution in [-0.2, 0) is 14.6 Å². The minimum atomic E-state index is -3.50. The summed E-state index contributed by atoms with van der Waals surface area (Å²) in [4.78, 5) is 10.6. The van der Waals surface area contributed by atoms with Gasteiger partial charge < -0.3 is 22.0 Å². The molecule has 8 nitrogen and oxygen atoms in total. The average molecular weight is 314 g/mol. The van der Waals surface area contributed by atoms with Gasteiger partial charge in [-0.2, -0.15) is 0 Å². The second kappa shape index (κ2) is 7.60. The fourth-order valence-corrected chi connectivity index (χ4v) is 2.81. The first-order valence-corrected chi connectivity index (χ1v) is 7.82. The van der Waals surface area contributed by atoms with Gasteiger partial charge in [0.1, 0.15) is 0 Å². The van der Waals surface area contributed by atoms with Crippen LogP contribution in [0.25, 0.3) is 0 Å². The molecule has 116 valence electrons. The topological polar surface area (TPSA) is 148 Å². The Morgan fingerprint density at radius 1 is 1.29 bits per heavy atom. The van der Waals surface area contributed by atoms with Crippen LogP contribution in [0, 0.1) is 0 Å². The molecule has 0 aliphatic carbocycles. The van der Waals surface area contributed by atoms with Gasteiger partial charge in [-0.3, -0.25) is 4.79 Å². The van der Waals surface area contributed by atoms with Crippen LogP contribution in [-0.4, -0.2) is 44.2 Å². The quantitative estimate of drug-likeness (QED) is 0.159. The number of benzene rings is 1. The Labute approximate surface area is 122 Å². The van der Waals surface area contributed by atoms with Gasteiger partial charge in [0.05, 0.1) is 10.6 Å². The molecule has 6 N–H and O–H groups in total. The molecule has 9 heteroatoms. The zero-order valence-corrected chi connectivity index (χ0v) is 12.1. The van der Waals surface area contributed by atoms with Gasteiger partial charge in [-0.25, -0.2) is 8.42 Å². The third-order valence-corrected chi connectivity index (χ3v) is 4.41. The lowest BCUT2D eigenvalue weighted by Gasteiger charge is -2.07. The van der Waals surface area contributed by atoms with Crippen LogP contribution >= 0.6 is 0 Å². The number of carbonyl (C=O) groups is 1. The van der Waals surface area contributed by atoms with Crippen molar-refractivity contribution in [2.45, 2.75) is 11.3 Å². The summed E-state index contributed by atoms with van der Waals surface area (Å²) in [6.45, 7) is 0.526. The molecule has 1 aromatic carbocycles. The van der Waals surface area contributed by atoms with Crippen molar-refractivity contribution in [2.24, 2.45) is 16.6 Å². The van der Waals surface area contributed by atoms with E-state index in [0.29, 0.717) is 12.1 Å². The average Bonchev–Trinajstić information content (AvgIpc) is 2.45. The Morgan fingerprint density at radius 2 is 2.00 bits per heavy atom. The normalized spacial score (nSPS) is 12.3. The molecule has 0 spiro atoms. The highest BCUT2D eigenvalue weighted by molar-refractivity contribution is 7.91. The lowest BCUT2D eigenvalue weighted by molar-refractivity contribution is -0.117. The van der Waals surface area contributed by atoms with Gasteiger partial charge in [-0.15, -0.1) is 0 Å². The number of carbonyl (C=O) groups excluding carboxylic acids is 1. The van der Waals surface area contributed by atoms with Crippen molar-refractivity contribution in [3.8, 4) is 0 Å². The number of nitrogens with two attached hydrogens (primary N) is 2. The maximum Gasteiger partial charge on any atom is 0.218 e. The van der Waals surface area contributed by atoms with Gasteiger partial charge in [-0.05, 0) is 12.1 Å². The molecule has 1 amide bonds. The van der Waals surface area contributed by atoms with E-state index in [1.54, 1.807) is 6.07 Å². The number of amides is 1. The fourth-order valence-electron chi connectivity index (χ4n) is 1.57. The second-order valence-electron chi connectivity index (χ2n) is 4.30. The molecule has 0 aliphatic rings. The number of hydrogen-bond acceptors (Lipinski definition) is 6. The van der Waals surface area contributed by atoms with E-state index in [1.807, 2.05) is 0 Å². The van der Waals surface area contributed by atoms with Gasteiger partial charge in [-0.1, -0.05) is 17.3 Å². The number of nitrogens with one attached hydrogen (secondary N) is 1. The summed E-state index contributed by atoms with van der Waals surface area (Å²) in [5, 5.41) is 14.2. The molecule has 0 radical (unpaired) electrons. The molecule has 1 aromatic rings. The summed E-state index contributed by atoms with van der Waals surface area (Å²) in [6.07, 6.45) is 0.152. The molecule has 0 heterocycles. The van der Waals surface area contributed by atoms with Crippen LogP contribution < -0.4 is 16.8 Å². The van der Waals surface area contributed by atoms with Crippen molar-refractivity contribution in [3.05, 3.63) is 29.8 Å². The van der Waals surface area contributed by atoms with Crippen LogP contribution in [0.2, 0.25) is 0 Å². The van der Waals surface area contributed by atoms with E-state index >= 15 is 0 Å². The molecule has 0 bridgehead atoms. The zero-order chi connectivity index (χ0) is 15.9. The number of sulfone groups is 1. The van der Waals surface area contributed by atoms with Crippen LogP contribution in [0.1, 0.15) is 12.0 Å². The Morgan fingerprint density at radius 3 is 2.62 bits per heavy atom. The van der Waals surface area contributed by atoms with E-state index in [0.717, 1.165) is 0 Å². The first-order chi connectivity index (χ1) is 9.86. The minimum Gasteiger partial charge on any atom is -0.409 e. The Bertz CT molecular complexity index is 628. The molecule has 0 saturated carbocycles. The summed E-state index contributed by atoms with van der Waals surface area (Å²) in [7, 11) is -3.50. The Hall–Kier alpha value is -2.13. The van der Waals surface area contributed by atoms with E-state index in [9.17, 15) is 13.2 Å². The van der Waals surface area contributed by atoms with E-state index in [4.69, 9.17) is 16.7 Å². The smallest absolute Gasteiger partial charge is 0.218 e. The predicted octanol–water partition coefficient (Wildman–Crippen LogP) is -0.980. The van der Waals surface area contributed by atoms with E-state index < -0.39 is 15.7 Å². The van der Waals surface area contributed by atoms with Crippen LogP contribution in [0.15, 0.2) is 34.3 Å². The standard InChI is InChI=1S/C12H18N4O4S/c13-11(17)4-5-15-6-7-21(19,20)10-3-1-2-9(8-10)12(14)16-18/h1-3,8,15,18H,4-7H2,(H2,13,17)(H2,14,16). The number of primary amides is 1. The van der Waals surface area contributed by atoms with Crippen molar-refractivity contribution in [2.75, 3.05) is 18.8 Å². The molecule has 0 fully saturated rings. The fraction of sp³-hybridized carbons (Fsp3) is 0.333. The molecule has 0 aliphatic heterocycles. The Balaban J connectivity index is 2.68. The SMILES string of the molecule is NC(=O)CCNCCS(=O)(=O)c1cccc(/C(N)=N/O)c1. The molecular formula is C12H18N4O4S. The largest absolute Gasteiger partial charge is 0.409 e. The Kier molecular flexibility index (Phi) is 6.12. The van der Waals surface area contributed by atoms with Gasteiger partial charge in [0, 0.05) is 25.1 Å². The molecule has 0 aromatic heterocycles. The molecule has 0 unspecified atom stereocenters. The highest BCUT2D eigenvalue weighted by Gasteiger charge is 2.15. The predicted molar refractivity (Wildman–Crippen MR) is 77.7 cm³/mol. The zero-order valence-electron chi connectivity index (χ0n) is 11.3. The molecule has 21 heavy (non-hydrogen) atoms. The second-order valence-corrected chi connectivity index (χ2v) is 6.41.